The fourth-order valence-electron chi connectivity index (χ4n) is 0. The van der Waals surface area contributed by atoms with Gasteiger partial charge in [0.2, 0.25) is 0 Å². The number of aliphatic carboxylic acids is 1. The molecule has 0 aromatic rings. The Kier molecular flexibility index (Phi) is 608. The molecule has 0 saturated heterocycles. The average molecular weight is 440 g/mol. The predicted octanol–water partition coefficient (Wildman–Crippen LogP) is -0.935. The van der Waals surface area contributed by atoms with Crippen LogP contribution in [0.3, 0.4) is 0 Å². The Hall–Kier alpha value is -0.693. The van der Waals surface area contributed by atoms with Crippen molar-refractivity contribution in [1.29, 1.82) is 0 Å². The number of aliphatic hydroxyl groups is 1. The predicted molar refractivity (Wildman–Crippen MR) is 46.0 cm³/mol. The van der Waals surface area contributed by atoms with Gasteiger partial charge in [-0.05, 0) is 0 Å². The molecule has 0 aromatic heterocycles. The zero-order chi connectivity index (χ0) is 15.0. The van der Waals surface area contributed by atoms with E-state index in [2.05, 4.69) is 26.6 Å². The van der Waals surface area contributed by atoms with Crippen molar-refractivity contribution in [1.82, 2.24) is 0 Å². The van der Waals surface area contributed by atoms with E-state index in [0.29, 0.717) is 6.29 Å². The minimum absolute atomic E-state index is 0. The maximum Gasteiger partial charge on any atom is 2.00 e. The van der Waals surface area contributed by atoms with Gasteiger partial charge in [0.05, 0.1) is 6.92 Å². The van der Waals surface area contributed by atoms with E-state index in [9.17, 15) is 0 Å². The first-order valence-corrected chi connectivity index (χ1v) is 2.75. The van der Waals surface area contributed by atoms with E-state index in [1.165, 1.54) is 6.92 Å². The maximum atomic E-state index is 7.57. The molecule has 0 rings (SSSR count). The molecule has 0 saturated carbocycles. The number of hydrogen-bond donors (Lipinski definition) is 2. The Bertz CT molecular complexity index is 168. The SMILES string of the molecule is CC(O)=[OH+].OCC=[OH+].[C-]#[O+].[C-]#[O+].[C-]#[O+].[C-]#[O+].[Rh+2].[Rh+2]. The van der Waals surface area contributed by atoms with Crippen molar-refractivity contribution in [3.05, 3.63) is 26.6 Å². The molecule has 10 heteroatoms. The molecule has 0 amide bonds. The van der Waals surface area contributed by atoms with Crippen LogP contribution >= 0.6 is 0 Å². The number of aliphatic hydroxyl groups excluding tert-OH is 2. The number of carboxylic acid groups (broad SMARTS) is 1. The summed E-state index contributed by atoms with van der Waals surface area (Å²) in [6.45, 7) is 18.9. The molecule has 0 fully saturated rings. The summed E-state index contributed by atoms with van der Waals surface area (Å²) in [6, 6.07) is 0. The Morgan fingerprint density at radius 1 is 1.00 bits per heavy atom. The van der Waals surface area contributed by atoms with Crippen molar-refractivity contribution < 1.29 is 77.4 Å². The molecule has 0 bridgehead atoms. The van der Waals surface area contributed by atoms with Gasteiger partial charge in [0.25, 0.3) is 0 Å². The molecule has 4 N–H and O–H groups in total. The van der Waals surface area contributed by atoms with Crippen molar-refractivity contribution in [2.45, 2.75) is 6.92 Å². The van der Waals surface area contributed by atoms with E-state index in [4.69, 9.17) is 38.4 Å². The first-order valence-electron chi connectivity index (χ1n) is 2.75. The van der Waals surface area contributed by atoms with Crippen LogP contribution in [0, 0.1) is 26.6 Å². The van der Waals surface area contributed by atoms with Crippen LogP contribution in [0.4, 0.5) is 0 Å². The van der Waals surface area contributed by atoms with E-state index < -0.39 is 5.97 Å². The molecule has 0 atom stereocenters. The zero-order valence-electron chi connectivity index (χ0n) is 8.87. The van der Waals surface area contributed by atoms with E-state index in [1.54, 1.807) is 0 Å². The molecule has 0 aliphatic heterocycles. The minimum atomic E-state index is -0.583. The molecular weight excluding hydrogens is 430 g/mol. The molecule has 0 aromatic carbocycles. The quantitative estimate of drug-likeness (QED) is 0.233. The van der Waals surface area contributed by atoms with Gasteiger partial charge in [-0.1, -0.05) is 0 Å². The molecule has 102 valence electrons. The molecule has 0 heterocycles. The number of rotatable bonds is 1. The molecule has 0 aliphatic rings. The van der Waals surface area contributed by atoms with Gasteiger partial charge in [-0.3, -0.25) is 4.79 Å². The number of hydrogen-bond acceptors (Lipinski definition) is 1. The summed E-state index contributed by atoms with van der Waals surface area (Å²) in [7, 11) is 0. The standard InChI is InChI=1S/2C2H4O2.4CO.2Rh/c1-2(3)4;3-1-2-4;4*1-2;;/h1H3,(H,3,4);1,4H,2H2;;;;;;/q;;;;;;2*+2/p+2. The molecule has 8 nitrogen and oxygen atoms in total. The molecule has 0 unspecified atom stereocenters. The van der Waals surface area contributed by atoms with E-state index >= 15 is 0 Å². The third kappa shape index (κ3) is 33300. The summed E-state index contributed by atoms with van der Waals surface area (Å²) in [6.07, 6.45) is 0.681. The maximum absolute atomic E-state index is 7.57. The van der Waals surface area contributed by atoms with Crippen molar-refractivity contribution in [3.63, 3.8) is 0 Å². The van der Waals surface area contributed by atoms with Crippen LogP contribution in [-0.2, 0) is 57.6 Å². The van der Waals surface area contributed by atoms with Crippen LogP contribution in [0.5, 0.6) is 0 Å². The summed E-state index contributed by atoms with van der Waals surface area (Å²) >= 11 is 0. The summed E-state index contributed by atoms with van der Waals surface area (Å²) in [4.78, 5) is 15.0. The Morgan fingerprint density at radius 2 is 1.06 bits per heavy atom. The van der Waals surface area contributed by atoms with Crippen LogP contribution in [-0.4, -0.2) is 38.7 Å². The van der Waals surface area contributed by atoms with Gasteiger partial charge in [-0.25, -0.2) is 0 Å². The van der Waals surface area contributed by atoms with Crippen LogP contribution in [0.2, 0.25) is 0 Å². The first-order chi connectivity index (χ1) is 7.65. The molecular formula is C8H10O8Rh2+6. The smallest absolute Gasteiger partial charge is 2.00 e. The van der Waals surface area contributed by atoms with Gasteiger partial charge in [-0.15, -0.1) is 0 Å². The van der Waals surface area contributed by atoms with Crippen LogP contribution < -0.4 is 0 Å². The Labute approximate surface area is 130 Å². The second kappa shape index (κ2) is 206. The third-order valence-electron chi connectivity index (χ3n) is 0.0816. The fraction of sp³-hybridized carbons (Fsp3) is 0.250. The van der Waals surface area contributed by atoms with Crippen LogP contribution in [0.15, 0.2) is 0 Å². The number of aldehydes is 1. The van der Waals surface area contributed by atoms with Gasteiger partial charge in [0.1, 0.15) is 0 Å². The number of carboxylic acids is 1. The van der Waals surface area contributed by atoms with Crippen molar-refractivity contribution >= 4 is 12.3 Å². The van der Waals surface area contributed by atoms with Gasteiger partial charge < -0.3 is 15.0 Å². The van der Waals surface area contributed by atoms with E-state index in [-0.39, 0.29) is 45.6 Å². The van der Waals surface area contributed by atoms with Crippen molar-refractivity contribution in [3.8, 4) is 0 Å². The Morgan fingerprint density at radius 3 is 1.06 bits per heavy atom. The second-order valence-corrected chi connectivity index (χ2v) is 0.912. The van der Waals surface area contributed by atoms with Gasteiger partial charge >= 0.3 is 96.4 Å². The van der Waals surface area contributed by atoms with Gasteiger partial charge in [0, 0.05) is 0 Å². The summed E-state index contributed by atoms with van der Waals surface area (Å²) < 4.78 is 30.0. The van der Waals surface area contributed by atoms with Crippen LogP contribution in [0.25, 0.3) is 0 Å². The molecule has 2 radical (unpaired) electrons. The van der Waals surface area contributed by atoms with Gasteiger partial charge in [-0.2, -0.15) is 0 Å². The molecule has 0 aliphatic carbocycles. The summed E-state index contributed by atoms with van der Waals surface area (Å²) in [5.74, 6) is -0.583. The monoisotopic (exact) mass is 440 g/mol. The van der Waals surface area contributed by atoms with E-state index in [0.717, 1.165) is 0 Å². The third-order valence-corrected chi connectivity index (χ3v) is 0.0816. The largest absolute Gasteiger partial charge is 2.00 e. The first kappa shape index (κ1) is 53.1. The topological polar surface area (TPSA) is 163 Å². The summed E-state index contributed by atoms with van der Waals surface area (Å²) in [5, 5.41) is 15.1. The normalized spacial score (nSPS) is 3.22. The van der Waals surface area contributed by atoms with Crippen molar-refractivity contribution in [2.75, 3.05) is 6.61 Å². The van der Waals surface area contributed by atoms with Crippen molar-refractivity contribution in [2.24, 2.45) is 0 Å². The van der Waals surface area contributed by atoms with Crippen LogP contribution in [0.1, 0.15) is 6.92 Å². The molecule has 18 heavy (non-hydrogen) atoms. The Balaban J connectivity index is -0.0000000113. The van der Waals surface area contributed by atoms with E-state index in [1.807, 2.05) is 0 Å². The molecule has 0 spiro atoms. The summed E-state index contributed by atoms with van der Waals surface area (Å²) in [5.41, 5.74) is 0. The average Bonchev–Trinajstić information content (AvgIpc) is 2.38. The second-order valence-electron chi connectivity index (χ2n) is 0.912. The minimum Gasteiger partial charge on any atom is 2.00 e. The zero-order valence-corrected chi connectivity index (χ0v) is 12.2. The van der Waals surface area contributed by atoms with Gasteiger partial charge in [0.15, 0.2) is 6.61 Å². The number of carbonyl (C=O) groups excluding carboxylic acids is 1. The fourth-order valence-corrected chi connectivity index (χ4v) is 0.